The summed E-state index contributed by atoms with van der Waals surface area (Å²) >= 11 is 5.76. The standard InChI is InChI=1S/C14H21ClFNO/c1-3-9-17-12(10-18-2)8-7-11-5-4-6-13(15)14(11)16/h4-6,12,17H,3,7-10H2,1-2H3. The molecule has 0 amide bonds. The van der Waals surface area contributed by atoms with Gasteiger partial charge in [0.2, 0.25) is 0 Å². The maximum Gasteiger partial charge on any atom is 0.144 e. The van der Waals surface area contributed by atoms with E-state index in [0.717, 1.165) is 19.4 Å². The Kier molecular flexibility index (Phi) is 7.25. The summed E-state index contributed by atoms with van der Waals surface area (Å²) in [6.45, 7) is 3.71. The van der Waals surface area contributed by atoms with Gasteiger partial charge in [-0.3, -0.25) is 0 Å². The maximum atomic E-state index is 13.7. The average Bonchev–Trinajstić information content (AvgIpc) is 2.37. The van der Waals surface area contributed by atoms with Gasteiger partial charge in [0, 0.05) is 13.2 Å². The van der Waals surface area contributed by atoms with E-state index in [1.54, 1.807) is 25.3 Å². The fourth-order valence-electron chi connectivity index (χ4n) is 1.87. The quantitative estimate of drug-likeness (QED) is 0.784. The van der Waals surface area contributed by atoms with Gasteiger partial charge >= 0.3 is 0 Å². The number of aryl methyl sites for hydroxylation is 1. The molecule has 4 heteroatoms. The highest BCUT2D eigenvalue weighted by molar-refractivity contribution is 6.30. The van der Waals surface area contributed by atoms with Gasteiger partial charge in [-0.2, -0.15) is 0 Å². The van der Waals surface area contributed by atoms with Crippen LogP contribution in [0.2, 0.25) is 5.02 Å². The largest absolute Gasteiger partial charge is 0.383 e. The normalized spacial score (nSPS) is 12.7. The molecule has 0 saturated heterocycles. The number of halogens is 2. The molecule has 1 N–H and O–H groups in total. The zero-order valence-electron chi connectivity index (χ0n) is 11.0. The van der Waals surface area contributed by atoms with Crippen LogP contribution in [0.25, 0.3) is 0 Å². The van der Waals surface area contributed by atoms with Gasteiger partial charge in [-0.05, 0) is 37.4 Å². The molecule has 0 saturated carbocycles. The van der Waals surface area contributed by atoms with Crippen molar-refractivity contribution < 1.29 is 9.13 Å². The monoisotopic (exact) mass is 273 g/mol. The minimum absolute atomic E-state index is 0.192. The molecule has 0 fully saturated rings. The van der Waals surface area contributed by atoms with Crippen LogP contribution in [0.5, 0.6) is 0 Å². The molecule has 0 heterocycles. The van der Waals surface area contributed by atoms with E-state index in [1.165, 1.54) is 0 Å². The fourth-order valence-corrected chi connectivity index (χ4v) is 2.06. The second-order valence-electron chi connectivity index (χ2n) is 4.36. The first-order valence-corrected chi connectivity index (χ1v) is 6.72. The Morgan fingerprint density at radius 3 is 2.89 bits per heavy atom. The average molecular weight is 274 g/mol. The van der Waals surface area contributed by atoms with E-state index in [1.807, 2.05) is 0 Å². The Labute approximate surface area is 113 Å². The van der Waals surface area contributed by atoms with E-state index < -0.39 is 0 Å². The maximum absolute atomic E-state index is 13.7. The van der Waals surface area contributed by atoms with Gasteiger partial charge in [0.05, 0.1) is 11.6 Å². The summed E-state index contributed by atoms with van der Waals surface area (Å²) in [5, 5.41) is 3.59. The summed E-state index contributed by atoms with van der Waals surface area (Å²) < 4.78 is 18.9. The molecule has 1 unspecified atom stereocenters. The molecule has 1 rings (SSSR count). The van der Waals surface area contributed by atoms with Crippen molar-refractivity contribution in [3.8, 4) is 0 Å². The summed E-state index contributed by atoms with van der Waals surface area (Å²) in [5.74, 6) is -0.300. The summed E-state index contributed by atoms with van der Waals surface area (Å²) in [7, 11) is 1.68. The van der Waals surface area contributed by atoms with Gasteiger partial charge in [0.25, 0.3) is 0 Å². The van der Waals surface area contributed by atoms with E-state index in [4.69, 9.17) is 16.3 Å². The SMILES string of the molecule is CCCNC(CCc1cccc(Cl)c1F)COC. The zero-order chi connectivity index (χ0) is 13.4. The van der Waals surface area contributed by atoms with Gasteiger partial charge in [-0.25, -0.2) is 4.39 Å². The second-order valence-corrected chi connectivity index (χ2v) is 4.77. The number of rotatable bonds is 8. The lowest BCUT2D eigenvalue weighted by Gasteiger charge is -2.17. The summed E-state index contributed by atoms with van der Waals surface area (Å²) in [6.07, 6.45) is 2.58. The molecular weight excluding hydrogens is 253 g/mol. The third-order valence-electron chi connectivity index (χ3n) is 2.84. The highest BCUT2D eigenvalue weighted by Gasteiger charge is 2.11. The van der Waals surface area contributed by atoms with Crippen LogP contribution in [0.3, 0.4) is 0 Å². The zero-order valence-corrected chi connectivity index (χ0v) is 11.8. The molecule has 0 radical (unpaired) electrons. The van der Waals surface area contributed by atoms with Crippen LogP contribution in [0.1, 0.15) is 25.3 Å². The van der Waals surface area contributed by atoms with Crippen LogP contribution < -0.4 is 5.32 Å². The molecule has 0 aliphatic carbocycles. The molecule has 1 aromatic carbocycles. The van der Waals surface area contributed by atoms with Crippen LogP contribution in [-0.4, -0.2) is 26.3 Å². The van der Waals surface area contributed by atoms with Crippen molar-refractivity contribution in [2.24, 2.45) is 0 Å². The Balaban J connectivity index is 2.52. The van der Waals surface area contributed by atoms with Crippen molar-refractivity contribution in [2.75, 3.05) is 20.3 Å². The molecule has 18 heavy (non-hydrogen) atoms. The number of methoxy groups -OCH3 is 1. The number of nitrogens with one attached hydrogen (secondary N) is 1. The van der Waals surface area contributed by atoms with Crippen LogP contribution in [0, 0.1) is 5.82 Å². The Morgan fingerprint density at radius 2 is 2.22 bits per heavy atom. The molecule has 0 aromatic heterocycles. The van der Waals surface area contributed by atoms with Crippen molar-refractivity contribution in [1.82, 2.24) is 5.32 Å². The van der Waals surface area contributed by atoms with E-state index in [9.17, 15) is 4.39 Å². The molecule has 0 aliphatic rings. The van der Waals surface area contributed by atoms with Crippen molar-refractivity contribution in [2.45, 2.75) is 32.2 Å². The van der Waals surface area contributed by atoms with Crippen LogP contribution in [-0.2, 0) is 11.2 Å². The molecule has 1 aromatic rings. The number of hydrogen-bond donors (Lipinski definition) is 1. The van der Waals surface area contributed by atoms with E-state index in [0.29, 0.717) is 18.6 Å². The van der Waals surface area contributed by atoms with Crippen LogP contribution >= 0.6 is 11.6 Å². The highest BCUT2D eigenvalue weighted by Crippen LogP contribution is 2.19. The number of ether oxygens (including phenoxy) is 1. The Morgan fingerprint density at radius 1 is 1.44 bits per heavy atom. The van der Waals surface area contributed by atoms with Gasteiger partial charge < -0.3 is 10.1 Å². The van der Waals surface area contributed by atoms with Gasteiger partial charge in [-0.15, -0.1) is 0 Å². The Hall–Kier alpha value is -0.640. The van der Waals surface area contributed by atoms with E-state index >= 15 is 0 Å². The predicted octanol–water partition coefficient (Wildman–Crippen LogP) is 3.43. The third kappa shape index (κ3) is 4.92. The van der Waals surface area contributed by atoms with Gasteiger partial charge in [0.15, 0.2) is 0 Å². The third-order valence-corrected chi connectivity index (χ3v) is 3.14. The molecule has 0 spiro atoms. The van der Waals surface area contributed by atoms with Crippen molar-refractivity contribution in [3.63, 3.8) is 0 Å². The first-order valence-electron chi connectivity index (χ1n) is 6.34. The Bertz CT molecular complexity index is 360. The molecule has 0 aliphatic heterocycles. The summed E-state index contributed by atoms with van der Waals surface area (Å²) in [5.41, 5.74) is 0.668. The lowest BCUT2D eigenvalue weighted by molar-refractivity contribution is 0.162. The van der Waals surface area contributed by atoms with Crippen molar-refractivity contribution >= 4 is 11.6 Å². The lowest BCUT2D eigenvalue weighted by atomic mass is 10.0. The van der Waals surface area contributed by atoms with E-state index in [-0.39, 0.29) is 16.9 Å². The number of hydrogen-bond acceptors (Lipinski definition) is 2. The molecule has 1 atom stereocenters. The first kappa shape index (κ1) is 15.4. The fraction of sp³-hybridized carbons (Fsp3) is 0.571. The van der Waals surface area contributed by atoms with Crippen LogP contribution in [0.4, 0.5) is 4.39 Å². The second kappa shape index (κ2) is 8.46. The summed E-state index contributed by atoms with van der Waals surface area (Å²) in [6, 6.07) is 5.40. The van der Waals surface area contributed by atoms with E-state index in [2.05, 4.69) is 12.2 Å². The molecular formula is C14H21ClFNO. The van der Waals surface area contributed by atoms with Gasteiger partial charge in [0.1, 0.15) is 5.82 Å². The lowest BCUT2D eigenvalue weighted by Crippen LogP contribution is -2.34. The van der Waals surface area contributed by atoms with Crippen molar-refractivity contribution in [3.05, 3.63) is 34.6 Å². The smallest absolute Gasteiger partial charge is 0.144 e. The number of benzene rings is 1. The highest BCUT2D eigenvalue weighted by atomic mass is 35.5. The first-order chi connectivity index (χ1) is 8.69. The topological polar surface area (TPSA) is 21.3 Å². The minimum atomic E-state index is -0.300. The van der Waals surface area contributed by atoms with Crippen molar-refractivity contribution in [1.29, 1.82) is 0 Å². The van der Waals surface area contributed by atoms with Crippen LogP contribution in [0.15, 0.2) is 18.2 Å². The summed E-state index contributed by atoms with van der Waals surface area (Å²) in [4.78, 5) is 0. The van der Waals surface area contributed by atoms with Gasteiger partial charge in [-0.1, -0.05) is 30.7 Å². The minimum Gasteiger partial charge on any atom is -0.383 e. The predicted molar refractivity (Wildman–Crippen MR) is 73.7 cm³/mol. The molecule has 0 bridgehead atoms. The molecule has 102 valence electrons. The molecule has 2 nitrogen and oxygen atoms in total.